The van der Waals surface area contributed by atoms with Gasteiger partial charge >= 0.3 is 0 Å². The van der Waals surface area contributed by atoms with Crippen molar-refractivity contribution in [3.8, 4) is 0 Å². The van der Waals surface area contributed by atoms with Gasteiger partial charge in [0, 0.05) is 30.0 Å². The Hall–Kier alpha value is 0.0300. The molecule has 0 saturated carbocycles. The van der Waals surface area contributed by atoms with Gasteiger partial charge < -0.3 is 15.2 Å². The minimum atomic E-state index is -0.985. The summed E-state index contributed by atoms with van der Waals surface area (Å²) >= 11 is 0. The zero-order valence-corrected chi connectivity index (χ0v) is 11.1. The molecule has 96 valence electrons. The SMILES string of the molecule is CC(C)NCC(O)CS(=O)C1CCOC1C. The number of aliphatic hydroxyl groups is 1. The third-order valence-corrected chi connectivity index (χ3v) is 4.77. The van der Waals surface area contributed by atoms with Crippen LogP contribution in [0, 0.1) is 0 Å². The van der Waals surface area contributed by atoms with Gasteiger partial charge in [-0.3, -0.25) is 4.21 Å². The molecule has 0 aromatic rings. The molecule has 1 aliphatic rings. The van der Waals surface area contributed by atoms with Gasteiger partial charge in [-0.05, 0) is 13.3 Å². The maximum Gasteiger partial charge on any atom is 0.0779 e. The van der Waals surface area contributed by atoms with E-state index in [1.165, 1.54) is 0 Å². The molecule has 2 N–H and O–H groups in total. The summed E-state index contributed by atoms with van der Waals surface area (Å²) in [6.07, 6.45) is 0.375. The van der Waals surface area contributed by atoms with Crippen LogP contribution in [0.5, 0.6) is 0 Å². The van der Waals surface area contributed by atoms with Crippen LogP contribution in [0.25, 0.3) is 0 Å². The van der Waals surface area contributed by atoms with Crippen molar-refractivity contribution in [2.24, 2.45) is 0 Å². The molecule has 5 heteroatoms. The Kier molecular flexibility index (Phi) is 5.89. The fraction of sp³-hybridized carbons (Fsp3) is 1.00. The predicted molar refractivity (Wildman–Crippen MR) is 66.0 cm³/mol. The Morgan fingerprint density at radius 2 is 2.25 bits per heavy atom. The van der Waals surface area contributed by atoms with Gasteiger partial charge in [0.25, 0.3) is 0 Å². The molecule has 1 fully saturated rings. The van der Waals surface area contributed by atoms with Crippen molar-refractivity contribution in [2.75, 3.05) is 18.9 Å². The number of ether oxygens (including phenoxy) is 1. The van der Waals surface area contributed by atoms with Gasteiger partial charge in [-0.2, -0.15) is 0 Å². The lowest BCUT2D eigenvalue weighted by molar-refractivity contribution is 0.126. The topological polar surface area (TPSA) is 58.6 Å². The second-order valence-corrected chi connectivity index (χ2v) is 6.37. The number of rotatable bonds is 6. The maximum atomic E-state index is 12.0. The van der Waals surface area contributed by atoms with Gasteiger partial charge in [0.2, 0.25) is 0 Å². The molecule has 0 aliphatic carbocycles. The van der Waals surface area contributed by atoms with E-state index in [4.69, 9.17) is 4.74 Å². The fourth-order valence-corrected chi connectivity index (χ4v) is 3.41. The van der Waals surface area contributed by atoms with Gasteiger partial charge in [-0.15, -0.1) is 0 Å². The van der Waals surface area contributed by atoms with Crippen LogP contribution in [0.1, 0.15) is 27.2 Å². The van der Waals surface area contributed by atoms with E-state index in [0.29, 0.717) is 24.9 Å². The molecule has 0 aromatic heterocycles. The summed E-state index contributed by atoms with van der Waals surface area (Å²) in [5, 5.41) is 12.9. The highest BCUT2D eigenvalue weighted by atomic mass is 32.2. The molecule has 1 heterocycles. The summed E-state index contributed by atoms with van der Waals surface area (Å²) in [5.41, 5.74) is 0. The van der Waals surface area contributed by atoms with Crippen molar-refractivity contribution in [2.45, 2.75) is 50.7 Å². The molecule has 0 radical (unpaired) electrons. The van der Waals surface area contributed by atoms with Crippen LogP contribution in [-0.2, 0) is 15.5 Å². The van der Waals surface area contributed by atoms with Crippen LogP contribution < -0.4 is 5.32 Å². The van der Waals surface area contributed by atoms with E-state index < -0.39 is 16.9 Å². The fourth-order valence-electron chi connectivity index (χ4n) is 1.80. The van der Waals surface area contributed by atoms with E-state index in [-0.39, 0.29) is 11.4 Å². The largest absolute Gasteiger partial charge is 0.391 e. The Bertz CT molecular complexity index is 235. The third-order valence-electron chi connectivity index (χ3n) is 2.76. The molecule has 0 aromatic carbocycles. The first-order chi connectivity index (χ1) is 7.50. The standard InChI is InChI=1S/C11H23NO3S/c1-8(2)12-6-10(13)7-16(14)11-4-5-15-9(11)3/h8-13H,4-7H2,1-3H3. The lowest BCUT2D eigenvalue weighted by Gasteiger charge is -2.17. The normalized spacial score (nSPS) is 29.6. The van der Waals surface area contributed by atoms with Crippen molar-refractivity contribution in [3.05, 3.63) is 0 Å². The monoisotopic (exact) mass is 249 g/mol. The summed E-state index contributed by atoms with van der Waals surface area (Å²) in [6, 6.07) is 0.344. The number of hydrogen-bond donors (Lipinski definition) is 2. The predicted octanol–water partition coefficient (Wildman–Crippen LogP) is 0.271. The van der Waals surface area contributed by atoms with E-state index in [9.17, 15) is 9.32 Å². The van der Waals surface area contributed by atoms with Crippen LogP contribution in [0.4, 0.5) is 0 Å². The summed E-state index contributed by atoms with van der Waals surface area (Å²) in [7, 11) is -0.985. The smallest absolute Gasteiger partial charge is 0.0779 e. The van der Waals surface area contributed by atoms with Gasteiger partial charge in [0.1, 0.15) is 0 Å². The quantitative estimate of drug-likeness (QED) is 0.709. The van der Waals surface area contributed by atoms with Crippen LogP contribution in [0.2, 0.25) is 0 Å². The first-order valence-corrected chi connectivity index (χ1v) is 7.29. The lowest BCUT2D eigenvalue weighted by Crippen LogP contribution is -2.37. The molecule has 1 aliphatic heterocycles. The van der Waals surface area contributed by atoms with E-state index in [0.717, 1.165) is 6.42 Å². The van der Waals surface area contributed by atoms with Gasteiger partial charge in [0.05, 0.1) is 23.2 Å². The lowest BCUT2D eigenvalue weighted by atomic mass is 10.3. The van der Waals surface area contributed by atoms with Crippen molar-refractivity contribution in [1.29, 1.82) is 0 Å². The molecule has 0 bridgehead atoms. The number of hydrogen-bond acceptors (Lipinski definition) is 4. The van der Waals surface area contributed by atoms with E-state index in [1.54, 1.807) is 0 Å². The number of aliphatic hydroxyl groups excluding tert-OH is 1. The van der Waals surface area contributed by atoms with Crippen LogP contribution in [0.15, 0.2) is 0 Å². The van der Waals surface area contributed by atoms with Crippen molar-refractivity contribution < 1.29 is 14.1 Å². The Labute approximate surface area is 100 Å². The second-order valence-electron chi connectivity index (χ2n) is 4.67. The first kappa shape index (κ1) is 14.1. The third kappa shape index (κ3) is 4.49. The zero-order valence-electron chi connectivity index (χ0n) is 10.3. The first-order valence-electron chi connectivity index (χ1n) is 5.91. The molecule has 0 amide bonds. The summed E-state index contributed by atoms with van der Waals surface area (Å²) < 4.78 is 17.3. The van der Waals surface area contributed by atoms with Crippen LogP contribution in [-0.4, -0.2) is 51.7 Å². The van der Waals surface area contributed by atoms with Crippen molar-refractivity contribution in [1.82, 2.24) is 5.32 Å². The molecule has 4 atom stereocenters. The minimum Gasteiger partial charge on any atom is -0.391 e. The van der Waals surface area contributed by atoms with Gasteiger partial charge in [-0.25, -0.2) is 0 Å². The Balaban J connectivity index is 2.27. The van der Waals surface area contributed by atoms with Crippen molar-refractivity contribution in [3.63, 3.8) is 0 Å². The summed E-state index contributed by atoms with van der Waals surface area (Å²) in [4.78, 5) is 0. The Morgan fingerprint density at radius 3 is 2.75 bits per heavy atom. The molecular weight excluding hydrogens is 226 g/mol. The molecule has 1 rings (SSSR count). The van der Waals surface area contributed by atoms with Crippen LogP contribution in [0.3, 0.4) is 0 Å². The highest BCUT2D eigenvalue weighted by molar-refractivity contribution is 7.85. The van der Waals surface area contributed by atoms with E-state index >= 15 is 0 Å². The average molecular weight is 249 g/mol. The highest BCUT2D eigenvalue weighted by Crippen LogP contribution is 2.19. The molecule has 4 unspecified atom stereocenters. The number of nitrogens with one attached hydrogen (secondary N) is 1. The molecule has 0 spiro atoms. The van der Waals surface area contributed by atoms with Crippen molar-refractivity contribution >= 4 is 10.8 Å². The summed E-state index contributed by atoms with van der Waals surface area (Å²) in [5.74, 6) is 0.345. The highest BCUT2D eigenvalue weighted by Gasteiger charge is 2.30. The molecule has 16 heavy (non-hydrogen) atoms. The molecular formula is C11H23NO3S. The molecule has 4 nitrogen and oxygen atoms in total. The minimum absolute atomic E-state index is 0.0612. The summed E-state index contributed by atoms with van der Waals surface area (Å²) in [6.45, 7) is 7.20. The average Bonchev–Trinajstić information content (AvgIpc) is 2.61. The van der Waals surface area contributed by atoms with Gasteiger partial charge in [-0.1, -0.05) is 13.8 Å². The Morgan fingerprint density at radius 1 is 1.56 bits per heavy atom. The molecule has 1 saturated heterocycles. The maximum absolute atomic E-state index is 12.0. The second kappa shape index (κ2) is 6.69. The zero-order chi connectivity index (χ0) is 12.1. The van der Waals surface area contributed by atoms with E-state index in [1.807, 2.05) is 20.8 Å². The van der Waals surface area contributed by atoms with Gasteiger partial charge in [0.15, 0.2) is 0 Å². The van der Waals surface area contributed by atoms with Crippen LogP contribution >= 0.6 is 0 Å². The van der Waals surface area contributed by atoms with E-state index in [2.05, 4.69) is 5.32 Å².